The van der Waals surface area contributed by atoms with Gasteiger partial charge in [-0.2, -0.15) is 8.75 Å². The largest absolute Gasteiger partial charge is 0.478 e. The monoisotopic (exact) mass is 599 g/mol. The fourth-order valence-corrected chi connectivity index (χ4v) is 5.60. The molecule has 43 heavy (non-hydrogen) atoms. The van der Waals surface area contributed by atoms with Crippen LogP contribution < -0.4 is 4.74 Å². The lowest BCUT2D eigenvalue weighted by Gasteiger charge is -2.27. The minimum atomic E-state index is -1.06. The predicted molar refractivity (Wildman–Crippen MR) is 155 cm³/mol. The zero-order valence-electron chi connectivity index (χ0n) is 22.5. The van der Waals surface area contributed by atoms with Crippen molar-refractivity contribution in [1.82, 2.24) is 23.3 Å². The molecule has 9 nitrogen and oxygen atoms in total. The second-order valence-corrected chi connectivity index (χ2v) is 10.8. The van der Waals surface area contributed by atoms with Crippen molar-refractivity contribution in [1.29, 1.82) is 0 Å². The van der Waals surface area contributed by atoms with E-state index in [0.717, 1.165) is 46.9 Å². The van der Waals surface area contributed by atoms with Gasteiger partial charge in [0.1, 0.15) is 35.1 Å². The van der Waals surface area contributed by atoms with E-state index in [-0.39, 0.29) is 47.4 Å². The topological polar surface area (TPSA) is 112 Å². The number of fused-ring (bicyclic) bond motifs is 2. The summed E-state index contributed by atoms with van der Waals surface area (Å²) in [5, 5.41) is 9.47. The molecule has 1 fully saturated rings. The van der Waals surface area contributed by atoms with E-state index in [1.807, 2.05) is 22.8 Å². The van der Waals surface area contributed by atoms with Gasteiger partial charge in [-0.1, -0.05) is 12.1 Å². The van der Waals surface area contributed by atoms with Crippen molar-refractivity contribution >= 4 is 39.8 Å². The minimum Gasteiger partial charge on any atom is -0.478 e. The smallest absolute Gasteiger partial charge is 0.335 e. The molecule has 1 saturated heterocycles. The summed E-state index contributed by atoms with van der Waals surface area (Å²) >= 11 is 1.14. The van der Waals surface area contributed by atoms with Gasteiger partial charge in [-0.15, -0.1) is 0 Å². The molecule has 0 amide bonds. The molecule has 7 rings (SSSR count). The van der Waals surface area contributed by atoms with E-state index in [1.54, 1.807) is 30.3 Å². The fraction of sp³-hybridized carbons (Fsp3) is 0.194. The van der Waals surface area contributed by atoms with E-state index < -0.39 is 17.6 Å². The maximum atomic E-state index is 15.5. The molecule has 3 aromatic carbocycles. The standard InChI is InChI=1S/C31H23F2N5O4S/c32-22-14-21(24-2-1-3-30(35-24)42-16-17-4-6-25-27(10-17)37-43-36-25)23(33)11-19(22)13-29-34-26-7-5-18(31(39)40)12-28(26)38(29)15-20-8-9-41-20/h1-7,10-12,14,20H,8-9,13,15-16H2,(H,39,40). The van der Waals surface area contributed by atoms with Crippen LogP contribution in [0.2, 0.25) is 0 Å². The molecule has 0 bridgehead atoms. The van der Waals surface area contributed by atoms with Crippen molar-refractivity contribution in [3.05, 3.63) is 101 Å². The molecule has 0 saturated carbocycles. The van der Waals surface area contributed by atoms with Crippen molar-refractivity contribution in [2.75, 3.05) is 6.61 Å². The predicted octanol–water partition coefficient (Wildman–Crippen LogP) is 6.04. The molecule has 1 aliphatic heterocycles. The minimum absolute atomic E-state index is 0.00225. The summed E-state index contributed by atoms with van der Waals surface area (Å²) in [7, 11) is 0. The van der Waals surface area contributed by atoms with Gasteiger partial charge in [0.05, 0.1) is 46.7 Å². The van der Waals surface area contributed by atoms with Crippen LogP contribution in [-0.4, -0.2) is 47.1 Å². The highest BCUT2D eigenvalue weighted by Crippen LogP contribution is 2.29. The Labute approximate surface area is 247 Å². The van der Waals surface area contributed by atoms with E-state index in [2.05, 4.69) is 18.7 Å². The first-order valence-electron chi connectivity index (χ1n) is 13.5. The summed E-state index contributed by atoms with van der Waals surface area (Å²) in [6.07, 6.45) is 0.799. The molecule has 0 aliphatic carbocycles. The van der Waals surface area contributed by atoms with E-state index in [0.29, 0.717) is 30.0 Å². The van der Waals surface area contributed by atoms with Gasteiger partial charge in [0, 0.05) is 24.7 Å². The highest BCUT2D eigenvalue weighted by Gasteiger charge is 2.23. The molecular formula is C31H23F2N5O4S. The number of aromatic nitrogens is 5. The summed E-state index contributed by atoms with van der Waals surface area (Å²) in [5.41, 5.74) is 4.11. The molecule has 0 spiro atoms. The third-order valence-corrected chi connectivity index (χ3v) is 8.00. The van der Waals surface area contributed by atoms with Crippen molar-refractivity contribution in [2.24, 2.45) is 0 Å². The average molecular weight is 600 g/mol. The van der Waals surface area contributed by atoms with E-state index in [1.165, 1.54) is 6.07 Å². The number of carboxylic acid groups (broad SMARTS) is 1. The first kappa shape index (κ1) is 27.0. The molecule has 12 heteroatoms. The zero-order valence-corrected chi connectivity index (χ0v) is 23.4. The number of halogens is 2. The number of hydrogen-bond donors (Lipinski definition) is 1. The van der Waals surface area contributed by atoms with Gasteiger partial charge in [0.2, 0.25) is 5.88 Å². The molecule has 1 N–H and O–H groups in total. The van der Waals surface area contributed by atoms with Crippen LogP contribution >= 0.6 is 11.7 Å². The Morgan fingerprint density at radius 1 is 1.00 bits per heavy atom. The molecule has 1 atom stereocenters. The van der Waals surface area contributed by atoms with Crippen LogP contribution in [0.25, 0.3) is 33.3 Å². The number of carbonyl (C=O) groups is 1. The quantitative estimate of drug-likeness (QED) is 0.214. The number of imidazole rings is 1. The first-order chi connectivity index (χ1) is 20.9. The summed E-state index contributed by atoms with van der Waals surface area (Å²) < 4.78 is 52.6. The van der Waals surface area contributed by atoms with Crippen LogP contribution in [0.15, 0.2) is 66.7 Å². The third kappa shape index (κ3) is 5.42. The van der Waals surface area contributed by atoms with E-state index in [9.17, 15) is 9.90 Å². The maximum Gasteiger partial charge on any atom is 0.335 e. The molecule has 3 aromatic heterocycles. The van der Waals surface area contributed by atoms with Crippen LogP contribution in [0, 0.1) is 11.6 Å². The van der Waals surface area contributed by atoms with Crippen LogP contribution in [0.5, 0.6) is 5.88 Å². The Bertz CT molecular complexity index is 2010. The summed E-state index contributed by atoms with van der Waals surface area (Å²) in [6, 6.07) is 17.5. The number of aromatic carboxylic acids is 1. The van der Waals surface area contributed by atoms with Crippen molar-refractivity contribution in [3.63, 3.8) is 0 Å². The van der Waals surface area contributed by atoms with Crippen LogP contribution in [-0.2, 0) is 24.3 Å². The average Bonchev–Trinajstić information content (AvgIpc) is 3.59. The highest BCUT2D eigenvalue weighted by molar-refractivity contribution is 7.00. The van der Waals surface area contributed by atoms with Gasteiger partial charge >= 0.3 is 5.97 Å². The molecular weight excluding hydrogens is 576 g/mol. The molecule has 4 heterocycles. The lowest BCUT2D eigenvalue weighted by Crippen LogP contribution is -2.31. The summed E-state index contributed by atoms with van der Waals surface area (Å²) in [5.74, 6) is -1.55. The van der Waals surface area contributed by atoms with Gasteiger partial charge in [0.15, 0.2) is 0 Å². The molecule has 0 radical (unpaired) electrons. The number of hydrogen-bond acceptors (Lipinski definition) is 8. The molecule has 1 aliphatic rings. The Balaban J connectivity index is 1.14. The third-order valence-electron chi connectivity index (χ3n) is 7.44. The summed E-state index contributed by atoms with van der Waals surface area (Å²) in [4.78, 5) is 20.6. The normalized spacial score (nSPS) is 14.7. The lowest BCUT2D eigenvalue weighted by molar-refractivity contribution is -0.0589. The number of pyridine rings is 1. The Hall–Kier alpha value is -4.81. The van der Waals surface area contributed by atoms with Crippen LogP contribution in [0.1, 0.15) is 33.7 Å². The lowest BCUT2D eigenvalue weighted by atomic mass is 10.0. The highest BCUT2D eigenvalue weighted by atomic mass is 32.1. The SMILES string of the molecule is O=C(O)c1ccc2nc(Cc3cc(F)c(-c4cccc(OCc5ccc6nsnc6c5)n4)cc3F)n(CC3CCO3)c2c1. The van der Waals surface area contributed by atoms with Gasteiger partial charge in [-0.3, -0.25) is 0 Å². The maximum absolute atomic E-state index is 15.5. The number of carboxylic acids is 1. The van der Waals surface area contributed by atoms with Crippen molar-refractivity contribution in [2.45, 2.75) is 32.1 Å². The number of benzene rings is 3. The molecule has 1 unspecified atom stereocenters. The summed E-state index contributed by atoms with van der Waals surface area (Å²) in [6.45, 7) is 1.30. The molecule has 216 valence electrons. The number of nitrogens with zero attached hydrogens (tertiary/aromatic N) is 5. The van der Waals surface area contributed by atoms with Crippen molar-refractivity contribution < 1.29 is 28.2 Å². The van der Waals surface area contributed by atoms with Crippen LogP contribution in [0.3, 0.4) is 0 Å². The van der Waals surface area contributed by atoms with E-state index >= 15 is 8.78 Å². The molecule has 6 aromatic rings. The van der Waals surface area contributed by atoms with E-state index in [4.69, 9.17) is 9.47 Å². The Morgan fingerprint density at radius 3 is 2.65 bits per heavy atom. The van der Waals surface area contributed by atoms with Gasteiger partial charge in [-0.25, -0.2) is 23.5 Å². The second-order valence-electron chi connectivity index (χ2n) is 10.3. The Morgan fingerprint density at radius 2 is 1.84 bits per heavy atom. The second kappa shape index (κ2) is 11.1. The van der Waals surface area contributed by atoms with Gasteiger partial charge < -0.3 is 19.1 Å². The van der Waals surface area contributed by atoms with Crippen LogP contribution in [0.4, 0.5) is 8.78 Å². The number of rotatable bonds is 9. The van der Waals surface area contributed by atoms with Crippen molar-refractivity contribution in [3.8, 4) is 17.1 Å². The van der Waals surface area contributed by atoms with Gasteiger partial charge in [0.25, 0.3) is 0 Å². The number of ether oxygens (including phenoxy) is 2. The van der Waals surface area contributed by atoms with Gasteiger partial charge in [-0.05, 0) is 66.1 Å². The zero-order chi connectivity index (χ0) is 29.5. The fourth-order valence-electron chi connectivity index (χ4n) is 5.09. The Kier molecular flexibility index (Phi) is 6.99. The first-order valence-corrected chi connectivity index (χ1v) is 14.3.